The van der Waals surface area contributed by atoms with Gasteiger partial charge in [0.25, 0.3) is 5.91 Å². The van der Waals surface area contributed by atoms with Crippen molar-refractivity contribution >= 4 is 15.7 Å². The van der Waals surface area contributed by atoms with Gasteiger partial charge in [0.2, 0.25) is 0 Å². The zero-order valence-corrected chi connectivity index (χ0v) is 18.3. The second kappa shape index (κ2) is 8.33. The molecule has 1 amide bonds. The number of sulfone groups is 1. The zero-order valence-electron chi connectivity index (χ0n) is 17.5. The number of halogens is 6. The maximum Gasteiger partial charge on any atom is 0.432 e. The zero-order chi connectivity index (χ0) is 24.8. The number of rotatable bonds is 6. The number of nitrogens with zero attached hydrogens (tertiary/aromatic N) is 1. The fourth-order valence-corrected chi connectivity index (χ4v) is 5.52. The monoisotopic (exact) mass is 497 g/mol. The summed E-state index contributed by atoms with van der Waals surface area (Å²) < 4.78 is 101. The van der Waals surface area contributed by atoms with Crippen molar-refractivity contribution in [2.75, 3.05) is 6.54 Å². The number of hydrogen-bond donors (Lipinski definition) is 2. The Bertz CT molecular complexity index is 1130. The van der Waals surface area contributed by atoms with Gasteiger partial charge in [-0.2, -0.15) is 31.4 Å². The molecule has 1 heterocycles. The number of hydrogen-bond acceptors (Lipinski definition) is 4. The molecule has 1 aromatic carbocycles. The van der Waals surface area contributed by atoms with Gasteiger partial charge in [-0.3, -0.25) is 9.89 Å². The van der Waals surface area contributed by atoms with Gasteiger partial charge < -0.3 is 5.32 Å². The number of amides is 1. The van der Waals surface area contributed by atoms with Gasteiger partial charge in [0.05, 0.1) is 15.2 Å². The van der Waals surface area contributed by atoms with Crippen molar-refractivity contribution in [1.82, 2.24) is 15.5 Å². The number of carbonyl (C=O) groups excluding carboxylic acids is 1. The molecule has 33 heavy (non-hydrogen) atoms. The quantitative estimate of drug-likeness (QED) is 0.577. The molecule has 0 bridgehead atoms. The van der Waals surface area contributed by atoms with E-state index in [-0.39, 0.29) is 18.4 Å². The van der Waals surface area contributed by atoms with Crippen molar-refractivity contribution in [3.05, 3.63) is 47.3 Å². The Balaban J connectivity index is 1.60. The minimum absolute atomic E-state index is 0.100. The van der Waals surface area contributed by atoms with E-state index in [1.807, 2.05) is 0 Å². The molecular weight excluding hydrogens is 476 g/mol. The summed E-state index contributed by atoms with van der Waals surface area (Å²) in [6.07, 6.45) is -8.59. The van der Waals surface area contributed by atoms with Crippen LogP contribution in [0, 0.1) is 11.8 Å². The van der Waals surface area contributed by atoms with Crippen LogP contribution in [0.25, 0.3) is 0 Å². The van der Waals surface area contributed by atoms with Crippen LogP contribution >= 0.6 is 0 Å². The molecule has 0 aliphatic heterocycles. The standard InChI is InChI=1S/C20H21F6N3O3S/c1-18(2,33(31,32)14-5-3-4-12(8-14)19(21,22)23)13-6-11(7-13)10-27-17(30)15-9-16(29-28-15)20(24,25)26/h3-5,8-9,11,13H,6-7,10H2,1-2H3,(H,27,30)(H,28,29). The molecule has 0 unspecified atom stereocenters. The molecule has 1 aromatic heterocycles. The first-order valence-corrected chi connectivity index (χ1v) is 11.3. The Morgan fingerprint density at radius 1 is 1.09 bits per heavy atom. The highest BCUT2D eigenvalue weighted by Gasteiger charge is 2.48. The number of aromatic amines is 1. The summed E-state index contributed by atoms with van der Waals surface area (Å²) in [6, 6.07) is 4.17. The summed E-state index contributed by atoms with van der Waals surface area (Å²) in [5, 5.41) is 7.54. The van der Waals surface area contributed by atoms with Gasteiger partial charge in [-0.15, -0.1) is 0 Å². The molecule has 182 valence electrons. The molecule has 1 aliphatic rings. The Morgan fingerprint density at radius 3 is 2.27 bits per heavy atom. The molecule has 6 nitrogen and oxygen atoms in total. The molecule has 1 fully saturated rings. The van der Waals surface area contributed by atoms with E-state index in [0.29, 0.717) is 25.0 Å². The number of benzene rings is 1. The summed E-state index contributed by atoms with van der Waals surface area (Å²) in [5.74, 6) is -1.31. The Labute approximate surface area is 185 Å². The number of alkyl halides is 6. The van der Waals surface area contributed by atoms with E-state index in [2.05, 4.69) is 10.4 Å². The van der Waals surface area contributed by atoms with Crippen LogP contribution in [0.4, 0.5) is 26.3 Å². The Kier molecular flexibility index (Phi) is 6.33. The number of nitrogens with one attached hydrogen (secondary N) is 2. The fourth-order valence-electron chi connectivity index (χ4n) is 3.74. The summed E-state index contributed by atoms with van der Waals surface area (Å²) in [7, 11) is -4.10. The average Bonchev–Trinajstić information content (AvgIpc) is 3.16. The smallest absolute Gasteiger partial charge is 0.350 e. The molecular formula is C20H21F6N3O3S. The number of carbonyl (C=O) groups is 1. The minimum Gasteiger partial charge on any atom is -0.350 e. The third kappa shape index (κ3) is 5.02. The third-order valence-electron chi connectivity index (χ3n) is 6.05. The van der Waals surface area contributed by atoms with E-state index in [1.54, 1.807) is 5.10 Å². The largest absolute Gasteiger partial charge is 0.432 e. The third-order valence-corrected chi connectivity index (χ3v) is 8.64. The maximum atomic E-state index is 13.1. The van der Waals surface area contributed by atoms with Gasteiger partial charge in [-0.05, 0) is 56.7 Å². The van der Waals surface area contributed by atoms with E-state index in [9.17, 15) is 39.6 Å². The van der Waals surface area contributed by atoms with E-state index >= 15 is 0 Å². The van der Waals surface area contributed by atoms with Crippen LogP contribution in [0.2, 0.25) is 0 Å². The van der Waals surface area contributed by atoms with Crippen molar-refractivity contribution in [2.24, 2.45) is 11.8 Å². The fraction of sp³-hybridized carbons (Fsp3) is 0.500. The molecule has 13 heteroatoms. The van der Waals surface area contributed by atoms with Crippen molar-refractivity contribution in [3.63, 3.8) is 0 Å². The highest BCUT2D eigenvalue weighted by molar-refractivity contribution is 7.92. The lowest BCUT2D eigenvalue weighted by atomic mass is 9.69. The first-order chi connectivity index (χ1) is 15.0. The molecule has 0 spiro atoms. The van der Waals surface area contributed by atoms with Gasteiger partial charge in [0, 0.05) is 12.6 Å². The lowest BCUT2D eigenvalue weighted by Gasteiger charge is -2.44. The second-order valence-corrected chi connectivity index (χ2v) is 11.1. The van der Waals surface area contributed by atoms with Crippen LogP contribution in [-0.4, -0.2) is 35.8 Å². The molecule has 0 radical (unpaired) electrons. The normalized spacial score (nSPS) is 19.8. The van der Waals surface area contributed by atoms with Crippen molar-refractivity contribution in [3.8, 4) is 0 Å². The van der Waals surface area contributed by atoms with Gasteiger partial charge >= 0.3 is 12.4 Å². The molecule has 0 saturated heterocycles. The minimum atomic E-state index is -4.68. The van der Waals surface area contributed by atoms with E-state index in [1.165, 1.54) is 13.8 Å². The van der Waals surface area contributed by atoms with Gasteiger partial charge in [0.1, 0.15) is 5.69 Å². The highest BCUT2D eigenvalue weighted by atomic mass is 32.2. The van der Waals surface area contributed by atoms with Crippen LogP contribution in [0.5, 0.6) is 0 Å². The van der Waals surface area contributed by atoms with Gasteiger partial charge in [0.15, 0.2) is 15.5 Å². The van der Waals surface area contributed by atoms with Crippen LogP contribution in [0.1, 0.15) is 48.4 Å². The van der Waals surface area contributed by atoms with Crippen molar-refractivity contribution < 1.29 is 39.6 Å². The topological polar surface area (TPSA) is 91.9 Å². The average molecular weight is 497 g/mol. The Morgan fingerprint density at radius 2 is 1.73 bits per heavy atom. The van der Waals surface area contributed by atoms with Crippen LogP contribution in [0.3, 0.4) is 0 Å². The molecule has 2 N–H and O–H groups in total. The van der Waals surface area contributed by atoms with Crippen molar-refractivity contribution in [1.29, 1.82) is 0 Å². The summed E-state index contributed by atoms with van der Waals surface area (Å²) in [5.41, 5.74) is -2.64. The lowest BCUT2D eigenvalue weighted by Crippen LogP contribution is -2.48. The van der Waals surface area contributed by atoms with E-state index in [4.69, 9.17) is 0 Å². The molecule has 3 rings (SSSR count). The first kappa shape index (κ1) is 25.1. The predicted octanol–water partition coefficient (Wildman–Crippen LogP) is 4.46. The van der Waals surface area contributed by atoms with Gasteiger partial charge in [-0.1, -0.05) is 6.07 Å². The summed E-state index contributed by atoms with van der Waals surface area (Å²) in [4.78, 5) is 11.6. The van der Waals surface area contributed by atoms with Crippen molar-refractivity contribution in [2.45, 2.75) is 48.7 Å². The van der Waals surface area contributed by atoms with E-state index in [0.717, 1.165) is 18.2 Å². The summed E-state index contributed by atoms with van der Waals surface area (Å²) in [6.45, 7) is 3.00. The van der Waals surface area contributed by atoms with Crippen LogP contribution in [-0.2, 0) is 22.2 Å². The van der Waals surface area contributed by atoms with Gasteiger partial charge in [-0.25, -0.2) is 8.42 Å². The number of H-pyrrole nitrogens is 1. The summed E-state index contributed by atoms with van der Waals surface area (Å²) >= 11 is 0. The lowest BCUT2D eigenvalue weighted by molar-refractivity contribution is -0.141. The number of aromatic nitrogens is 2. The van der Waals surface area contributed by atoms with Crippen LogP contribution in [0.15, 0.2) is 35.2 Å². The molecule has 1 aliphatic carbocycles. The van der Waals surface area contributed by atoms with E-state index < -0.39 is 54.7 Å². The van der Waals surface area contributed by atoms with Crippen LogP contribution < -0.4 is 5.32 Å². The SMILES string of the molecule is CC(C)(C1CC(CNC(=O)c2cc(C(F)(F)F)[nH]n2)C1)S(=O)(=O)c1cccc(C(F)(F)F)c1. The molecule has 1 saturated carbocycles. The predicted molar refractivity (Wildman–Crippen MR) is 105 cm³/mol. The highest BCUT2D eigenvalue weighted by Crippen LogP contribution is 2.46. The molecule has 0 atom stereocenters. The Hall–Kier alpha value is -2.57. The molecule has 2 aromatic rings. The second-order valence-electron chi connectivity index (χ2n) is 8.54. The maximum absolute atomic E-state index is 13.1. The first-order valence-electron chi connectivity index (χ1n) is 9.86.